The molecule has 12 nitrogen and oxygen atoms in total. The van der Waals surface area contributed by atoms with Gasteiger partial charge in [0.05, 0.1) is 48.2 Å². The number of halogens is 3. The standard InChI is InChI=1S/C23H18FN3O2.C14H16FNO3.C11H11N3.ClH/c1-2-29-23(28)19-15-26-27(22(19)18-10-6-7-11-20(18)24)17-12-13-21(25-14-17)16-8-4-3-5-9-16;1-4-19-14(18)11(9-16(2)3)13(17)10-7-5-6-8-12(10)15;12-14-10-6-7-11(13-8-10)9-4-2-1-3-5-9;/h3-15H,2H2,1H3;5-9H,4H2,1-3H3;1-8,14H,12H2;1H/b;11-9-;;. The van der Waals surface area contributed by atoms with Gasteiger partial charge in [0.2, 0.25) is 11.5 Å². The van der Waals surface area contributed by atoms with E-state index in [1.807, 2.05) is 79.0 Å². The molecule has 324 valence electrons. The van der Waals surface area contributed by atoms with Crippen molar-refractivity contribution in [1.29, 1.82) is 0 Å². The molecule has 4 N–H and O–H groups in total. The SMILES string of the molecule is CCOC(=O)/C(=C\N(C)C)C(=O)c1ccccc1F.CCOC(=O)c1cnn(-c2ccc(-c3ccccc3)nc2)c1-c1ccccc1F.NNc1ccc(-c2ccccc2)[nH+]c1.[Cl-]. The number of esters is 2. The Morgan fingerprint density at radius 1 is 0.746 bits per heavy atom. The molecule has 0 amide bonds. The summed E-state index contributed by atoms with van der Waals surface area (Å²) >= 11 is 0. The highest BCUT2D eigenvalue weighted by atomic mass is 35.5. The molecule has 0 atom stereocenters. The Morgan fingerprint density at radius 3 is 1.92 bits per heavy atom. The van der Waals surface area contributed by atoms with Gasteiger partial charge in [0.25, 0.3) is 0 Å². The molecule has 0 unspecified atom stereocenters. The van der Waals surface area contributed by atoms with Crippen LogP contribution in [0, 0.1) is 11.6 Å². The number of Topliss-reactive ketones (excluding diaryl/α,β-unsaturated/α-hetero) is 1. The van der Waals surface area contributed by atoms with Crippen LogP contribution in [0.25, 0.3) is 39.5 Å². The van der Waals surface area contributed by atoms with Crippen LogP contribution in [0.4, 0.5) is 14.5 Å². The summed E-state index contributed by atoms with van der Waals surface area (Å²) in [6.07, 6.45) is 6.20. The summed E-state index contributed by atoms with van der Waals surface area (Å²) in [6, 6.07) is 39.3. The van der Waals surface area contributed by atoms with Gasteiger partial charge in [-0.05, 0) is 68.4 Å². The smallest absolute Gasteiger partial charge is 0.343 e. The van der Waals surface area contributed by atoms with Crippen LogP contribution in [-0.2, 0) is 14.3 Å². The molecule has 3 heterocycles. The van der Waals surface area contributed by atoms with E-state index < -0.39 is 29.4 Å². The van der Waals surface area contributed by atoms with Gasteiger partial charge in [0.1, 0.15) is 28.5 Å². The highest BCUT2D eigenvalue weighted by molar-refractivity contribution is 6.24. The zero-order valence-electron chi connectivity index (χ0n) is 35.0. The van der Waals surface area contributed by atoms with Gasteiger partial charge in [-0.2, -0.15) is 5.10 Å². The molecule has 0 aliphatic carbocycles. The van der Waals surface area contributed by atoms with Crippen LogP contribution in [0.3, 0.4) is 0 Å². The maximum atomic E-state index is 14.6. The minimum absolute atomic E-state index is 0. The first-order valence-electron chi connectivity index (χ1n) is 19.5. The fourth-order valence-electron chi connectivity index (χ4n) is 5.88. The molecule has 0 radical (unpaired) electrons. The predicted molar refractivity (Wildman–Crippen MR) is 234 cm³/mol. The van der Waals surface area contributed by atoms with E-state index in [0.29, 0.717) is 11.4 Å². The molecule has 7 rings (SSSR count). The number of aromatic nitrogens is 4. The van der Waals surface area contributed by atoms with Crippen molar-refractivity contribution in [3.8, 4) is 39.5 Å². The Hall–Kier alpha value is -7.55. The van der Waals surface area contributed by atoms with E-state index >= 15 is 0 Å². The van der Waals surface area contributed by atoms with E-state index in [1.54, 1.807) is 52.3 Å². The molecule has 4 aromatic carbocycles. The molecule has 0 spiro atoms. The van der Waals surface area contributed by atoms with E-state index in [9.17, 15) is 23.2 Å². The Labute approximate surface area is 370 Å². The van der Waals surface area contributed by atoms with Crippen LogP contribution >= 0.6 is 0 Å². The second kappa shape index (κ2) is 24.0. The lowest BCUT2D eigenvalue weighted by Gasteiger charge is -2.11. The van der Waals surface area contributed by atoms with Crippen molar-refractivity contribution in [3.05, 3.63) is 187 Å². The normalized spacial score (nSPS) is 10.4. The van der Waals surface area contributed by atoms with Gasteiger partial charge in [-0.3, -0.25) is 15.6 Å². The van der Waals surface area contributed by atoms with Gasteiger partial charge in [0.15, 0.2) is 6.20 Å². The summed E-state index contributed by atoms with van der Waals surface area (Å²) in [5.74, 6) is 2.15. The third-order valence-electron chi connectivity index (χ3n) is 8.77. The molecule has 0 saturated carbocycles. The van der Waals surface area contributed by atoms with Crippen molar-refractivity contribution in [2.75, 3.05) is 32.7 Å². The second-order valence-electron chi connectivity index (χ2n) is 13.3. The average Bonchev–Trinajstić information content (AvgIpc) is 3.75. The Balaban J connectivity index is 0.000000222. The molecule has 63 heavy (non-hydrogen) atoms. The monoisotopic (exact) mass is 873 g/mol. The van der Waals surface area contributed by atoms with E-state index in [0.717, 1.165) is 28.2 Å². The number of anilines is 1. The first-order chi connectivity index (χ1) is 30.1. The van der Waals surface area contributed by atoms with Crippen molar-refractivity contribution in [2.24, 2.45) is 5.84 Å². The largest absolute Gasteiger partial charge is 1.00 e. The van der Waals surface area contributed by atoms with Crippen molar-refractivity contribution in [2.45, 2.75) is 13.8 Å². The van der Waals surface area contributed by atoms with E-state index in [-0.39, 0.29) is 47.9 Å². The topological polar surface area (TPSA) is 156 Å². The lowest BCUT2D eigenvalue weighted by molar-refractivity contribution is -0.363. The number of ether oxygens (including phenoxy) is 2. The number of ketones is 1. The molecule has 0 bridgehead atoms. The second-order valence-corrected chi connectivity index (χ2v) is 13.3. The van der Waals surface area contributed by atoms with E-state index in [2.05, 4.69) is 32.6 Å². The maximum Gasteiger partial charge on any atom is 0.343 e. The molecule has 0 fully saturated rings. The third-order valence-corrected chi connectivity index (χ3v) is 8.77. The van der Waals surface area contributed by atoms with Crippen LogP contribution in [0.15, 0.2) is 164 Å². The fraction of sp³-hybridized carbons (Fsp3) is 0.125. The van der Waals surface area contributed by atoms with Gasteiger partial charge < -0.3 is 32.2 Å². The van der Waals surface area contributed by atoms with Gasteiger partial charge in [-0.1, -0.05) is 72.8 Å². The van der Waals surface area contributed by atoms with Crippen molar-refractivity contribution >= 4 is 23.4 Å². The quantitative estimate of drug-likeness (QED) is 0.0311. The molecule has 0 aliphatic rings. The van der Waals surface area contributed by atoms with Crippen LogP contribution in [0.1, 0.15) is 34.6 Å². The molecule has 0 aliphatic heterocycles. The molecule has 0 saturated heterocycles. The number of hydrazine groups is 1. The summed E-state index contributed by atoms with van der Waals surface area (Å²) < 4.78 is 39.6. The highest BCUT2D eigenvalue weighted by Gasteiger charge is 2.25. The lowest BCUT2D eigenvalue weighted by Crippen LogP contribution is -3.00. The first kappa shape index (κ1) is 48.1. The van der Waals surface area contributed by atoms with Crippen LogP contribution in [-0.4, -0.2) is 64.7 Å². The number of nitrogens with zero attached hydrogens (tertiary/aromatic N) is 4. The lowest BCUT2D eigenvalue weighted by atomic mass is 10.0. The summed E-state index contributed by atoms with van der Waals surface area (Å²) in [7, 11) is 3.32. The number of aromatic amines is 1. The van der Waals surface area contributed by atoms with E-state index in [1.165, 1.54) is 52.3 Å². The van der Waals surface area contributed by atoms with Gasteiger partial charge in [-0.15, -0.1) is 0 Å². The predicted octanol–water partition coefficient (Wildman–Crippen LogP) is 5.39. The molecular weight excluding hydrogens is 828 g/mol. The number of carbonyl (C=O) groups excluding carboxylic acids is 3. The van der Waals surface area contributed by atoms with Crippen LogP contribution in [0.5, 0.6) is 0 Å². The average molecular weight is 874 g/mol. The number of hydrogen-bond donors (Lipinski definition) is 2. The molecular formula is C48H46ClF2N7O5. The van der Waals surface area contributed by atoms with Gasteiger partial charge >= 0.3 is 11.9 Å². The highest BCUT2D eigenvalue weighted by Crippen LogP contribution is 2.30. The summed E-state index contributed by atoms with van der Waals surface area (Å²) in [5, 5.41) is 4.32. The van der Waals surface area contributed by atoms with Crippen molar-refractivity contribution in [1.82, 2.24) is 19.7 Å². The summed E-state index contributed by atoms with van der Waals surface area (Å²) in [6.45, 7) is 3.72. The number of carbonyl (C=O) groups is 3. The van der Waals surface area contributed by atoms with Crippen molar-refractivity contribution in [3.63, 3.8) is 0 Å². The van der Waals surface area contributed by atoms with Crippen LogP contribution < -0.4 is 28.7 Å². The minimum Gasteiger partial charge on any atom is -1.00 e. The Kier molecular flexibility index (Phi) is 18.4. The summed E-state index contributed by atoms with van der Waals surface area (Å²) in [4.78, 5) is 45.5. The number of H-pyrrole nitrogens is 1. The first-order valence-corrected chi connectivity index (χ1v) is 19.5. The third kappa shape index (κ3) is 13.0. The van der Waals surface area contributed by atoms with Crippen LogP contribution in [0.2, 0.25) is 0 Å². The van der Waals surface area contributed by atoms with Gasteiger partial charge in [0, 0.05) is 43.1 Å². The minimum atomic E-state index is -0.760. The fourth-order valence-corrected chi connectivity index (χ4v) is 5.88. The maximum absolute atomic E-state index is 14.6. The van der Waals surface area contributed by atoms with Crippen molar-refractivity contribution < 1.29 is 50.0 Å². The Bertz CT molecular complexity index is 2590. The molecule has 7 aromatic rings. The summed E-state index contributed by atoms with van der Waals surface area (Å²) in [5.41, 5.74) is 8.52. The Morgan fingerprint density at radius 2 is 1.37 bits per heavy atom. The zero-order chi connectivity index (χ0) is 44.4. The number of nitrogens with one attached hydrogen (secondary N) is 2. The van der Waals surface area contributed by atoms with E-state index in [4.69, 9.17) is 15.3 Å². The molecule has 3 aromatic heterocycles. The number of pyridine rings is 2. The molecule has 15 heteroatoms. The number of benzene rings is 4. The van der Waals surface area contributed by atoms with Gasteiger partial charge in [-0.25, -0.2) is 28.0 Å². The number of nitrogen functional groups attached to an aromatic ring is 1. The zero-order valence-corrected chi connectivity index (χ0v) is 35.7. The number of nitrogens with two attached hydrogens (primary N) is 1. The number of hydrogen-bond acceptors (Lipinski definition) is 10. The number of rotatable bonds is 12.